The van der Waals surface area contributed by atoms with Crippen molar-refractivity contribution < 1.29 is 4.79 Å². The second-order valence-electron chi connectivity index (χ2n) is 5.49. The van der Waals surface area contributed by atoms with E-state index in [0.717, 1.165) is 24.2 Å². The van der Waals surface area contributed by atoms with Gasteiger partial charge in [-0.1, -0.05) is 20.8 Å². The molecule has 0 unspecified atom stereocenters. The van der Waals surface area contributed by atoms with Gasteiger partial charge in [0.25, 0.3) is 0 Å². The van der Waals surface area contributed by atoms with Crippen LogP contribution in [0.2, 0.25) is 0 Å². The molecule has 0 aromatic carbocycles. The Bertz CT molecular complexity index is 598. The summed E-state index contributed by atoms with van der Waals surface area (Å²) in [5.41, 5.74) is 0.982. The van der Waals surface area contributed by atoms with Crippen LogP contribution < -0.4 is 5.32 Å². The summed E-state index contributed by atoms with van der Waals surface area (Å²) < 4.78 is 3.63. The fourth-order valence-corrected chi connectivity index (χ4v) is 2.67. The molecule has 2 aromatic heterocycles. The Morgan fingerprint density at radius 1 is 1.23 bits per heavy atom. The van der Waals surface area contributed by atoms with Crippen LogP contribution in [-0.4, -0.2) is 25.5 Å². The second-order valence-corrected chi connectivity index (χ2v) is 5.49. The molecule has 0 aliphatic carbocycles. The maximum atomic E-state index is 12.6. The lowest BCUT2D eigenvalue weighted by molar-refractivity contribution is -0.119. The number of aromatic nitrogens is 4. The van der Waals surface area contributed by atoms with Crippen LogP contribution in [0.15, 0.2) is 24.7 Å². The minimum Gasteiger partial charge on any atom is -0.309 e. The summed E-state index contributed by atoms with van der Waals surface area (Å²) >= 11 is 0. The van der Waals surface area contributed by atoms with Crippen LogP contribution in [0, 0.1) is 6.92 Å². The third-order valence-electron chi connectivity index (χ3n) is 4.04. The molecule has 120 valence electrons. The van der Waals surface area contributed by atoms with Gasteiger partial charge in [0.2, 0.25) is 5.91 Å². The van der Waals surface area contributed by atoms with Crippen molar-refractivity contribution in [2.45, 2.75) is 59.0 Å². The number of carbonyl (C=O) groups is 1. The first-order valence-corrected chi connectivity index (χ1v) is 7.96. The van der Waals surface area contributed by atoms with Gasteiger partial charge in [0.15, 0.2) is 0 Å². The largest absolute Gasteiger partial charge is 0.309 e. The van der Waals surface area contributed by atoms with Crippen LogP contribution in [0.3, 0.4) is 0 Å². The predicted molar refractivity (Wildman–Crippen MR) is 86.8 cm³/mol. The monoisotopic (exact) mass is 303 g/mol. The number of rotatable bonds is 7. The van der Waals surface area contributed by atoms with E-state index in [1.165, 1.54) is 0 Å². The van der Waals surface area contributed by atoms with Crippen molar-refractivity contribution in [3.8, 4) is 0 Å². The summed E-state index contributed by atoms with van der Waals surface area (Å²) in [6.45, 7) is 8.22. The summed E-state index contributed by atoms with van der Waals surface area (Å²) in [5.74, 6) is 0.742. The first-order chi connectivity index (χ1) is 10.6. The molecule has 6 nitrogen and oxygen atoms in total. The molecule has 0 radical (unpaired) electrons. The van der Waals surface area contributed by atoms with E-state index in [9.17, 15) is 4.79 Å². The molecule has 0 bridgehead atoms. The lowest BCUT2D eigenvalue weighted by Crippen LogP contribution is -2.28. The van der Waals surface area contributed by atoms with Gasteiger partial charge >= 0.3 is 0 Å². The third kappa shape index (κ3) is 3.21. The summed E-state index contributed by atoms with van der Waals surface area (Å²) in [6.07, 6.45) is 7.97. The van der Waals surface area contributed by atoms with Crippen molar-refractivity contribution >= 4 is 11.7 Å². The maximum absolute atomic E-state index is 12.6. The van der Waals surface area contributed by atoms with E-state index in [2.05, 4.69) is 29.4 Å². The molecular formula is C16H25N5O. The Labute approximate surface area is 131 Å². The number of carbonyl (C=O) groups excluding carboxylic acids is 1. The number of hydrogen-bond acceptors (Lipinski definition) is 3. The Balaban J connectivity index is 2.23. The average molecular weight is 303 g/mol. The SMILES string of the molecule is CCC(CC)n1ncc(C)c1NC(=O)[C@H](CC)n1cccn1. The highest BCUT2D eigenvalue weighted by molar-refractivity contribution is 5.93. The van der Waals surface area contributed by atoms with E-state index in [4.69, 9.17) is 0 Å². The fourth-order valence-electron chi connectivity index (χ4n) is 2.67. The van der Waals surface area contributed by atoms with E-state index in [1.54, 1.807) is 10.9 Å². The Morgan fingerprint density at radius 2 is 1.95 bits per heavy atom. The highest BCUT2D eigenvalue weighted by Crippen LogP contribution is 2.24. The number of anilines is 1. The van der Waals surface area contributed by atoms with Crippen molar-refractivity contribution in [1.82, 2.24) is 19.6 Å². The summed E-state index contributed by atoms with van der Waals surface area (Å²) in [7, 11) is 0. The fraction of sp³-hybridized carbons (Fsp3) is 0.562. The van der Waals surface area contributed by atoms with Crippen LogP contribution in [0.5, 0.6) is 0 Å². The highest BCUT2D eigenvalue weighted by Gasteiger charge is 2.22. The number of amides is 1. The van der Waals surface area contributed by atoms with Crippen molar-refractivity contribution in [3.63, 3.8) is 0 Å². The molecule has 0 aliphatic heterocycles. The van der Waals surface area contributed by atoms with Crippen molar-refractivity contribution in [2.24, 2.45) is 0 Å². The smallest absolute Gasteiger partial charge is 0.250 e. The van der Waals surface area contributed by atoms with Crippen molar-refractivity contribution in [2.75, 3.05) is 5.32 Å². The molecule has 0 fully saturated rings. The minimum atomic E-state index is -0.306. The Kier molecular flexibility index (Phi) is 5.35. The molecule has 6 heteroatoms. The van der Waals surface area contributed by atoms with Crippen LogP contribution in [0.4, 0.5) is 5.82 Å². The van der Waals surface area contributed by atoms with Gasteiger partial charge in [-0.25, -0.2) is 4.68 Å². The molecule has 1 N–H and O–H groups in total. The van der Waals surface area contributed by atoms with Crippen molar-refractivity contribution in [3.05, 3.63) is 30.2 Å². The third-order valence-corrected chi connectivity index (χ3v) is 4.04. The van der Waals surface area contributed by atoms with Crippen LogP contribution in [0.25, 0.3) is 0 Å². The van der Waals surface area contributed by atoms with E-state index in [0.29, 0.717) is 12.5 Å². The number of nitrogens with one attached hydrogen (secondary N) is 1. The lowest BCUT2D eigenvalue weighted by atomic mass is 10.1. The molecule has 0 aliphatic rings. The molecule has 2 heterocycles. The van der Waals surface area contributed by atoms with Gasteiger partial charge in [0, 0.05) is 18.0 Å². The first-order valence-electron chi connectivity index (χ1n) is 7.96. The topological polar surface area (TPSA) is 64.7 Å². The molecule has 1 atom stereocenters. The zero-order valence-corrected chi connectivity index (χ0v) is 13.8. The standard InChI is InChI=1S/C16H25N5O/c1-5-13(6-2)21-15(12(4)11-18-21)19-16(22)14(7-3)20-10-8-9-17-20/h8-11,13-14H,5-7H2,1-4H3,(H,19,22)/t14-/m0/s1. The van der Waals surface area contributed by atoms with Gasteiger partial charge in [-0.15, -0.1) is 0 Å². The number of hydrogen-bond donors (Lipinski definition) is 1. The molecular weight excluding hydrogens is 278 g/mol. The lowest BCUT2D eigenvalue weighted by Gasteiger charge is -2.20. The average Bonchev–Trinajstić information content (AvgIpc) is 3.14. The predicted octanol–water partition coefficient (Wildman–Crippen LogP) is 3.34. The minimum absolute atomic E-state index is 0.0537. The Morgan fingerprint density at radius 3 is 2.50 bits per heavy atom. The van der Waals surface area contributed by atoms with Gasteiger partial charge < -0.3 is 5.32 Å². The van der Waals surface area contributed by atoms with Gasteiger partial charge in [-0.3, -0.25) is 9.48 Å². The molecule has 0 spiro atoms. The molecule has 1 amide bonds. The maximum Gasteiger partial charge on any atom is 0.250 e. The summed E-state index contributed by atoms with van der Waals surface area (Å²) in [6, 6.07) is 1.82. The summed E-state index contributed by atoms with van der Waals surface area (Å²) in [5, 5.41) is 11.7. The van der Waals surface area contributed by atoms with Gasteiger partial charge in [0.05, 0.1) is 12.2 Å². The van der Waals surface area contributed by atoms with Crippen molar-refractivity contribution in [1.29, 1.82) is 0 Å². The zero-order valence-electron chi connectivity index (χ0n) is 13.8. The molecule has 22 heavy (non-hydrogen) atoms. The summed E-state index contributed by atoms with van der Waals surface area (Å²) in [4.78, 5) is 12.6. The van der Waals surface area contributed by atoms with E-state index >= 15 is 0 Å². The number of nitrogens with zero attached hydrogens (tertiary/aromatic N) is 4. The molecule has 2 rings (SSSR count). The van der Waals surface area contributed by atoms with Gasteiger partial charge in [-0.2, -0.15) is 10.2 Å². The Hall–Kier alpha value is -2.11. The quantitative estimate of drug-likeness (QED) is 0.853. The van der Waals surface area contributed by atoms with Crippen LogP contribution in [-0.2, 0) is 4.79 Å². The molecule has 0 saturated heterocycles. The zero-order chi connectivity index (χ0) is 16.1. The van der Waals surface area contributed by atoms with Crippen LogP contribution in [0.1, 0.15) is 57.7 Å². The normalized spacial score (nSPS) is 12.6. The number of aryl methyl sites for hydroxylation is 1. The van der Waals surface area contributed by atoms with Gasteiger partial charge in [-0.05, 0) is 32.3 Å². The van der Waals surface area contributed by atoms with E-state index in [-0.39, 0.29) is 11.9 Å². The second kappa shape index (κ2) is 7.24. The molecule has 0 saturated carbocycles. The first kappa shape index (κ1) is 16.3. The van der Waals surface area contributed by atoms with E-state index in [1.807, 2.05) is 37.0 Å². The molecule has 2 aromatic rings. The van der Waals surface area contributed by atoms with Crippen LogP contribution >= 0.6 is 0 Å². The highest BCUT2D eigenvalue weighted by atomic mass is 16.2. The van der Waals surface area contributed by atoms with E-state index < -0.39 is 0 Å². The van der Waals surface area contributed by atoms with Gasteiger partial charge in [0.1, 0.15) is 11.9 Å².